The van der Waals surface area contributed by atoms with Gasteiger partial charge in [0.05, 0.1) is 5.69 Å². The number of pyridine rings is 1. The molecule has 5 heteroatoms. The molecule has 3 N–H and O–H groups in total. The minimum atomic E-state index is -0.256. The summed E-state index contributed by atoms with van der Waals surface area (Å²) in [4.78, 5) is 16.7. The Balaban J connectivity index is 1.42. The third-order valence-corrected chi connectivity index (χ3v) is 4.64. The SMILES string of the molecule is O=C(/C=C/c1ccc(-c2ccccc2)cc1)Nc1cccnc1Nc1ccc(O)cc1. The molecule has 0 saturated carbocycles. The Labute approximate surface area is 180 Å². The van der Waals surface area contributed by atoms with Crippen LogP contribution in [0.2, 0.25) is 0 Å². The molecule has 0 spiro atoms. The van der Waals surface area contributed by atoms with Gasteiger partial charge in [-0.05, 0) is 59.2 Å². The molecule has 0 saturated heterocycles. The number of carbonyl (C=O) groups is 1. The smallest absolute Gasteiger partial charge is 0.248 e. The summed E-state index contributed by atoms with van der Waals surface area (Å²) >= 11 is 0. The second-order valence-electron chi connectivity index (χ2n) is 6.88. The number of amides is 1. The highest BCUT2D eigenvalue weighted by Gasteiger charge is 2.06. The molecule has 0 bridgehead atoms. The van der Waals surface area contributed by atoms with E-state index < -0.39 is 0 Å². The summed E-state index contributed by atoms with van der Waals surface area (Å²) in [6.45, 7) is 0. The molecule has 1 aromatic heterocycles. The van der Waals surface area contributed by atoms with Crippen LogP contribution < -0.4 is 10.6 Å². The maximum Gasteiger partial charge on any atom is 0.248 e. The first-order valence-electron chi connectivity index (χ1n) is 9.83. The third-order valence-electron chi connectivity index (χ3n) is 4.64. The molecule has 3 aromatic carbocycles. The van der Waals surface area contributed by atoms with Crippen molar-refractivity contribution in [1.82, 2.24) is 4.98 Å². The highest BCUT2D eigenvalue weighted by molar-refractivity contribution is 6.03. The summed E-state index contributed by atoms with van der Waals surface area (Å²) in [6.07, 6.45) is 4.91. The minimum Gasteiger partial charge on any atom is -0.508 e. The average molecular weight is 407 g/mol. The van der Waals surface area contributed by atoms with Gasteiger partial charge in [-0.15, -0.1) is 0 Å². The number of hydrogen-bond acceptors (Lipinski definition) is 4. The number of benzene rings is 3. The first kappa shape index (κ1) is 19.9. The van der Waals surface area contributed by atoms with Gasteiger partial charge in [-0.3, -0.25) is 4.79 Å². The molecule has 0 radical (unpaired) electrons. The fourth-order valence-corrected chi connectivity index (χ4v) is 3.05. The number of anilines is 3. The lowest BCUT2D eigenvalue weighted by atomic mass is 10.0. The van der Waals surface area contributed by atoms with Crippen LogP contribution in [-0.4, -0.2) is 16.0 Å². The number of aromatic hydroxyl groups is 1. The number of hydrogen-bond donors (Lipinski definition) is 3. The lowest BCUT2D eigenvalue weighted by molar-refractivity contribution is -0.111. The van der Waals surface area contributed by atoms with Gasteiger partial charge in [-0.2, -0.15) is 0 Å². The molecular formula is C26H21N3O2. The Kier molecular flexibility index (Phi) is 6.05. The van der Waals surface area contributed by atoms with E-state index in [1.807, 2.05) is 42.5 Å². The number of aromatic nitrogens is 1. The van der Waals surface area contributed by atoms with Crippen molar-refractivity contribution >= 4 is 29.2 Å². The Hall–Kier alpha value is -4.38. The van der Waals surface area contributed by atoms with Crippen molar-refractivity contribution < 1.29 is 9.90 Å². The zero-order chi connectivity index (χ0) is 21.5. The maximum absolute atomic E-state index is 12.4. The van der Waals surface area contributed by atoms with Crippen molar-refractivity contribution in [1.29, 1.82) is 0 Å². The first-order valence-corrected chi connectivity index (χ1v) is 9.83. The lowest BCUT2D eigenvalue weighted by Gasteiger charge is -2.11. The summed E-state index contributed by atoms with van der Waals surface area (Å²) in [5, 5.41) is 15.4. The van der Waals surface area contributed by atoms with Crippen LogP contribution in [0.25, 0.3) is 17.2 Å². The molecule has 1 heterocycles. The second kappa shape index (κ2) is 9.41. The van der Waals surface area contributed by atoms with Gasteiger partial charge in [0.1, 0.15) is 5.75 Å². The highest BCUT2D eigenvalue weighted by atomic mass is 16.3. The molecule has 31 heavy (non-hydrogen) atoms. The van der Waals surface area contributed by atoms with Gasteiger partial charge in [0.2, 0.25) is 5.91 Å². The monoisotopic (exact) mass is 407 g/mol. The van der Waals surface area contributed by atoms with E-state index in [4.69, 9.17) is 0 Å². The van der Waals surface area contributed by atoms with Crippen LogP contribution in [0, 0.1) is 0 Å². The molecule has 152 valence electrons. The zero-order valence-electron chi connectivity index (χ0n) is 16.7. The van der Waals surface area contributed by atoms with E-state index in [2.05, 4.69) is 27.8 Å². The molecule has 0 aliphatic carbocycles. The number of nitrogens with zero attached hydrogens (tertiary/aromatic N) is 1. The fraction of sp³-hybridized carbons (Fsp3) is 0. The van der Waals surface area contributed by atoms with Crippen LogP contribution in [0.15, 0.2) is 103 Å². The van der Waals surface area contributed by atoms with Gasteiger partial charge in [0.15, 0.2) is 5.82 Å². The van der Waals surface area contributed by atoms with Gasteiger partial charge >= 0.3 is 0 Å². The molecule has 0 unspecified atom stereocenters. The molecule has 4 rings (SSSR count). The van der Waals surface area contributed by atoms with E-state index >= 15 is 0 Å². The van der Waals surface area contributed by atoms with E-state index in [0.29, 0.717) is 11.5 Å². The van der Waals surface area contributed by atoms with E-state index in [1.54, 1.807) is 48.7 Å². The van der Waals surface area contributed by atoms with Crippen LogP contribution in [0.4, 0.5) is 17.2 Å². The van der Waals surface area contributed by atoms with Gasteiger partial charge < -0.3 is 15.7 Å². The molecule has 5 nitrogen and oxygen atoms in total. The molecule has 4 aromatic rings. The van der Waals surface area contributed by atoms with Crippen molar-refractivity contribution in [2.45, 2.75) is 0 Å². The maximum atomic E-state index is 12.4. The molecule has 0 aliphatic heterocycles. The van der Waals surface area contributed by atoms with E-state index in [0.717, 1.165) is 22.4 Å². The molecule has 1 amide bonds. The van der Waals surface area contributed by atoms with Crippen LogP contribution in [0.5, 0.6) is 5.75 Å². The number of rotatable bonds is 6. The van der Waals surface area contributed by atoms with Crippen molar-refractivity contribution in [3.8, 4) is 16.9 Å². The van der Waals surface area contributed by atoms with E-state index in [-0.39, 0.29) is 11.7 Å². The van der Waals surface area contributed by atoms with Crippen LogP contribution in [0.3, 0.4) is 0 Å². The summed E-state index contributed by atoms with van der Waals surface area (Å²) < 4.78 is 0. The zero-order valence-corrected chi connectivity index (χ0v) is 16.7. The van der Waals surface area contributed by atoms with Crippen molar-refractivity contribution in [2.24, 2.45) is 0 Å². The van der Waals surface area contributed by atoms with Gasteiger partial charge in [-0.25, -0.2) is 4.98 Å². The fourth-order valence-electron chi connectivity index (χ4n) is 3.05. The molecule has 0 aliphatic rings. The highest BCUT2D eigenvalue weighted by Crippen LogP contribution is 2.24. The Morgan fingerprint density at radius 1 is 0.806 bits per heavy atom. The Morgan fingerprint density at radius 2 is 1.52 bits per heavy atom. The summed E-state index contributed by atoms with van der Waals surface area (Å²) in [6, 6.07) is 28.3. The van der Waals surface area contributed by atoms with Crippen molar-refractivity contribution in [3.63, 3.8) is 0 Å². The van der Waals surface area contributed by atoms with E-state index in [1.165, 1.54) is 6.08 Å². The van der Waals surface area contributed by atoms with E-state index in [9.17, 15) is 9.90 Å². The molecule has 0 atom stereocenters. The lowest BCUT2D eigenvalue weighted by Crippen LogP contribution is -2.10. The van der Waals surface area contributed by atoms with Crippen LogP contribution in [0.1, 0.15) is 5.56 Å². The number of phenolic OH excluding ortho intramolecular Hbond substituents is 1. The van der Waals surface area contributed by atoms with Crippen molar-refractivity contribution in [2.75, 3.05) is 10.6 Å². The number of phenols is 1. The predicted molar refractivity (Wildman–Crippen MR) is 125 cm³/mol. The average Bonchev–Trinajstić information content (AvgIpc) is 2.81. The number of nitrogens with one attached hydrogen (secondary N) is 2. The van der Waals surface area contributed by atoms with Gasteiger partial charge in [-0.1, -0.05) is 54.6 Å². The summed E-state index contributed by atoms with van der Waals surface area (Å²) in [5.74, 6) is 0.443. The predicted octanol–water partition coefficient (Wildman–Crippen LogP) is 5.85. The molecule has 0 fully saturated rings. The first-order chi connectivity index (χ1) is 15.2. The largest absolute Gasteiger partial charge is 0.508 e. The summed E-state index contributed by atoms with van der Waals surface area (Å²) in [7, 11) is 0. The quantitative estimate of drug-likeness (QED) is 0.277. The second-order valence-corrected chi connectivity index (χ2v) is 6.88. The minimum absolute atomic E-state index is 0.182. The van der Waals surface area contributed by atoms with Gasteiger partial charge in [0.25, 0.3) is 0 Å². The normalized spacial score (nSPS) is 10.7. The Morgan fingerprint density at radius 3 is 2.26 bits per heavy atom. The van der Waals surface area contributed by atoms with Gasteiger partial charge in [0, 0.05) is 18.0 Å². The Bertz CT molecular complexity index is 1190. The number of carbonyl (C=O) groups excluding carboxylic acids is 1. The van der Waals surface area contributed by atoms with Crippen LogP contribution in [-0.2, 0) is 4.79 Å². The summed E-state index contributed by atoms with van der Waals surface area (Å²) in [5.41, 5.74) is 4.53. The third kappa shape index (κ3) is 5.36. The van der Waals surface area contributed by atoms with Crippen molar-refractivity contribution in [3.05, 3.63) is 109 Å². The van der Waals surface area contributed by atoms with Crippen LogP contribution >= 0.6 is 0 Å². The molecular weight excluding hydrogens is 386 g/mol. The standard InChI is InChI=1S/C26H21N3O2/c30-23-15-13-22(14-16-23)28-26-24(7-4-18-27-26)29-25(31)17-10-19-8-11-21(12-9-19)20-5-2-1-3-6-20/h1-18,30H,(H,27,28)(H,29,31)/b17-10+. The topological polar surface area (TPSA) is 74.2 Å².